The number of alkyl halides is 3. The van der Waals surface area contributed by atoms with E-state index in [9.17, 15) is 18.0 Å². The largest absolute Gasteiger partial charge is 0.573 e. The standard InChI is InChI=1S/C41H49ClF3NO6/c1-4-5-6-7-8-9-10-11-12-13-14-15-16-17-26-49-40(47)51-36-24-25-46-35-27-30(18-23-33(35)36)38-29(2)39(48-3)37(28-34(38)42)50-31-19-21-32(22-20-31)52-41(43,44)45/h18-25,27-28H,4-17,26H2,1-3H3. The number of methoxy groups -OCH3 is 1. The molecule has 3 aromatic carbocycles. The molecule has 4 rings (SSSR count). The molecule has 282 valence electrons. The number of halogens is 4. The predicted molar refractivity (Wildman–Crippen MR) is 199 cm³/mol. The Labute approximate surface area is 309 Å². The quantitative estimate of drug-likeness (QED) is 0.0621. The average molecular weight is 744 g/mol. The molecule has 0 aliphatic rings. The minimum absolute atomic E-state index is 0.261. The van der Waals surface area contributed by atoms with Crippen molar-refractivity contribution in [2.75, 3.05) is 13.7 Å². The van der Waals surface area contributed by atoms with Gasteiger partial charge in [0.2, 0.25) is 0 Å². The van der Waals surface area contributed by atoms with E-state index in [1.165, 1.54) is 89.9 Å². The number of rotatable bonds is 21. The van der Waals surface area contributed by atoms with Gasteiger partial charge in [0.15, 0.2) is 11.5 Å². The third-order valence-electron chi connectivity index (χ3n) is 8.83. The average Bonchev–Trinajstić information content (AvgIpc) is 3.10. The van der Waals surface area contributed by atoms with Crippen LogP contribution in [0.5, 0.6) is 28.7 Å². The van der Waals surface area contributed by atoms with Crippen LogP contribution in [-0.2, 0) is 4.74 Å². The van der Waals surface area contributed by atoms with Gasteiger partial charge < -0.3 is 23.7 Å². The summed E-state index contributed by atoms with van der Waals surface area (Å²) in [6.07, 6.45) is 13.6. The summed E-state index contributed by atoms with van der Waals surface area (Å²) in [5, 5.41) is 0.975. The van der Waals surface area contributed by atoms with Gasteiger partial charge in [-0.1, -0.05) is 108 Å². The maximum absolute atomic E-state index is 12.5. The molecule has 0 aliphatic heterocycles. The van der Waals surface area contributed by atoms with Crippen LogP contribution in [-0.4, -0.2) is 31.2 Å². The van der Waals surface area contributed by atoms with Crippen molar-refractivity contribution in [1.82, 2.24) is 4.98 Å². The van der Waals surface area contributed by atoms with E-state index in [-0.39, 0.29) is 17.2 Å². The van der Waals surface area contributed by atoms with Crippen LogP contribution in [0.1, 0.15) is 102 Å². The smallest absolute Gasteiger partial charge is 0.493 e. The summed E-state index contributed by atoms with van der Waals surface area (Å²) in [5.41, 5.74) is 2.65. The number of unbranched alkanes of at least 4 members (excludes halogenated alkanes) is 13. The Bertz CT molecular complexity index is 1710. The number of carbonyl (C=O) groups excluding carboxylic acids is 1. The Kier molecular flexibility index (Phi) is 16.2. The van der Waals surface area contributed by atoms with E-state index in [4.69, 9.17) is 30.5 Å². The highest BCUT2D eigenvalue weighted by molar-refractivity contribution is 6.34. The van der Waals surface area contributed by atoms with Gasteiger partial charge in [0, 0.05) is 34.8 Å². The van der Waals surface area contributed by atoms with Crippen molar-refractivity contribution in [2.24, 2.45) is 0 Å². The monoisotopic (exact) mass is 743 g/mol. The lowest BCUT2D eigenvalue weighted by molar-refractivity contribution is -0.274. The van der Waals surface area contributed by atoms with Gasteiger partial charge in [0.25, 0.3) is 0 Å². The molecule has 0 saturated heterocycles. The fourth-order valence-electron chi connectivity index (χ4n) is 6.19. The van der Waals surface area contributed by atoms with Crippen LogP contribution >= 0.6 is 11.6 Å². The Hall–Kier alpha value is -4.18. The molecule has 7 nitrogen and oxygen atoms in total. The SMILES string of the molecule is CCCCCCCCCCCCCCCCOC(=O)Oc1ccnc2cc(-c3c(Cl)cc(Oc4ccc(OC(F)(F)F)cc4)c(OC)c3C)ccc12. The third-order valence-corrected chi connectivity index (χ3v) is 9.13. The molecule has 0 amide bonds. The van der Waals surface area contributed by atoms with Crippen LogP contribution in [0, 0.1) is 6.92 Å². The molecule has 0 bridgehead atoms. The Balaban J connectivity index is 1.27. The number of pyridine rings is 1. The van der Waals surface area contributed by atoms with Crippen molar-refractivity contribution in [3.8, 4) is 39.9 Å². The summed E-state index contributed by atoms with van der Waals surface area (Å²) in [6.45, 7) is 4.38. The number of hydrogen-bond donors (Lipinski definition) is 0. The van der Waals surface area contributed by atoms with Gasteiger partial charge in [-0.15, -0.1) is 13.2 Å². The number of carbonyl (C=O) groups is 1. The highest BCUT2D eigenvalue weighted by Gasteiger charge is 2.31. The van der Waals surface area contributed by atoms with Crippen molar-refractivity contribution >= 4 is 28.7 Å². The molecule has 0 radical (unpaired) electrons. The zero-order valence-electron chi connectivity index (χ0n) is 30.3. The zero-order valence-corrected chi connectivity index (χ0v) is 31.0. The molecule has 1 aromatic heterocycles. The lowest BCUT2D eigenvalue weighted by Gasteiger charge is -2.18. The Morgan fingerprint density at radius 3 is 1.96 bits per heavy atom. The van der Waals surface area contributed by atoms with Gasteiger partial charge in [-0.25, -0.2) is 4.79 Å². The van der Waals surface area contributed by atoms with Gasteiger partial charge in [-0.3, -0.25) is 4.98 Å². The van der Waals surface area contributed by atoms with Crippen molar-refractivity contribution < 1.29 is 41.7 Å². The zero-order chi connectivity index (χ0) is 37.3. The minimum atomic E-state index is -4.80. The minimum Gasteiger partial charge on any atom is -0.493 e. The fraction of sp³-hybridized carbons (Fsp3) is 0.463. The van der Waals surface area contributed by atoms with E-state index in [1.54, 1.807) is 24.4 Å². The van der Waals surface area contributed by atoms with Gasteiger partial charge in [0.05, 0.1) is 24.3 Å². The number of ether oxygens (including phenoxy) is 5. The molecule has 1 heterocycles. The number of hydrogen-bond acceptors (Lipinski definition) is 7. The normalized spacial score (nSPS) is 11.4. The first kappa shape index (κ1) is 40.6. The van der Waals surface area contributed by atoms with Gasteiger partial charge >= 0.3 is 12.5 Å². The fourth-order valence-corrected chi connectivity index (χ4v) is 6.54. The van der Waals surface area contributed by atoms with Crippen LogP contribution in [0.25, 0.3) is 22.0 Å². The van der Waals surface area contributed by atoms with Crippen molar-refractivity contribution in [1.29, 1.82) is 0 Å². The molecule has 4 aromatic rings. The van der Waals surface area contributed by atoms with Crippen molar-refractivity contribution in [3.05, 3.63) is 71.4 Å². The number of aromatic nitrogens is 1. The summed E-state index contributed by atoms with van der Waals surface area (Å²) < 4.78 is 64.0. The topological polar surface area (TPSA) is 76.1 Å². The van der Waals surface area contributed by atoms with E-state index < -0.39 is 12.5 Å². The van der Waals surface area contributed by atoms with E-state index in [2.05, 4.69) is 16.6 Å². The number of benzene rings is 3. The molecule has 11 heteroatoms. The van der Waals surface area contributed by atoms with Gasteiger partial charge in [-0.2, -0.15) is 0 Å². The Morgan fingerprint density at radius 2 is 1.37 bits per heavy atom. The van der Waals surface area contributed by atoms with E-state index in [1.807, 2.05) is 19.1 Å². The molecular weight excluding hydrogens is 695 g/mol. The third kappa shape index (κ3) is 12.8. The van der Waals surface area contributed by atoms with Gasteiger partial charge in [-0.05, 0) is 55.3 Å². The van der Waals surface area contributed by atoms with Crippen LogP contribution in [0.4, 0.5) is 18.0 Å². The maximum Gasteiger partial charge on any atom is 0.573 e. The highest BCUT2D eigenvalue weighted by Crippen LogP contribution is 2.45. The number of nitrogens with zero attached hydrogens (tertiary/aromatic N) is 1. The summed E-state index contributed by atoms with van der Waals surface area (Å²) >= 11 is 6.76. The second-order valence-corrected chi connectivity index (χ2v) is 13.3. The van der Waals surface area contributed by atoms with Crippen LogP contribution in [0.15, 0.2) is 60.8 Å². The summed E-state index contributed by atoms with van der Waals surface area (Å²) in [6, 6.07) is 13.7. The second-order valence-electron chi connectivity index (χ2n) is 12.8. The molecule has 0 fully saturated rings. The second kappa shape index (κ2) is 20.8. The first-order valence-electron chi connectivity index (χ1n) is 18.2. The van der Waals surface area contributed by atoms with E-state index >= 15 is 0 Å². The number of fused-ring (bicyclic) bond motifs is 1. The molecular formula is C41H49ClF3NO6. The first-order valence-corrected chi connectivity index (χ1v) is 18.6. The van der Waals surface area contributed by atoms with Crippen LogP contribution in [0.3, 0.4) is 0 Å². The van der Waals surface area contributed by atoms with Crippen molar-refractivity contribution in [3.63, 3.8) is 0 Å². The summed E-state index contributed by atoms with van der Waals surface area (Å²) in [7, 11) is 1.48. The van der Waals surface area contributed by atoms with Crippen LogP contribution in [0.2, 0.25) is 5.02 Å². The lowest BCUT2D eigenvalue weighted by atomic mass is 9.97. The molecule has 0 spiro atoms. The van der Waals surface area contributed by atoms with Gasteiger partial charge in [0.1, 0.15) is 17.2 Å². The molecule has 0 aliphatic carbocycles. The molecule has 0 saturated carbocycles. The molecule has 0 N–H and O–H groups in total. The predicted octanol–water partition coefficient (Wildman–Crippen LogP) is 13.6. The molecule has 0 atom stereocenters. The lowest BCUT2D eigenvalue weighted by Crippen LogP contribution is -2.16. The highest BCUT2D eigenvalue weighted by atomic mass is 35.5. The maximum atomic E-state index is 12.5. The summed E-state index contributed by atoms with van der Waals surface area (Å²) in [4.78, 5) is 17.0. The van der Waals surface area contributed by atoms with Crippen LogP contribution < -0.4 is 18.9 Å². The summed E-state index contributed by atoms with van der Waals surface area (Å²) in [5.74, 6) is 0.893. The molecule has 0 unspecified atom stereocenters. The molecule has 52 heavy (non-hydrogen) atoms. The van der Waals surface area contributed by atoms with Crippen molar-refractivity contribution in [2.45, 2.75) is 110 Å². The first-order chi connectivity index (χ1) is 25.1. The van der Waals surface area contributed by atoms with E-state index in [0.29, 0.717) is 45.2 Å². The Morgan fingerprint density at radius 1 is 0.769 bits per heavy atom. The van der Waals surface area contributed by atoms with E-state index in [0.717, 1.165) is 37.0 Å².